The Labute approximate surface area is 129 Å². The molecule has 1 N–H and O–H groups in total. The van der Waals surface area contributed by atoms with Crippen LogP contribution >= 0.6 is 0 Å². The number of carbonyl (C=O) groups is 1. The first-order valence-corrected chi connectivity index (χ1v) is 7.45. The van der Waals surface area contributed by atoms with E-state index in [2.05, 4.69) is 29.4 Å². The van der Waals surface area contributed by atoms with Crippen LogP contribution in [0.1, 0.15) is 18.4 Å². The quantitative estimate of drug-likeness (QED) is 0.786. The number of fused-ring (bicyclic) bond motifs is 1. The monoisotopic (exact) mass is 293 g/mol. The second-order valence-electron chi connectivity index (χ2n) is 5.48. The first kappa shape index (κ1) is 14.3. The van der Waals surface area contributed by atoms with Crippen LogP contribution in [-0.2, 0) is 11.3 Å². The number of nitrogens with zero attached hydrogens (tertiary/aromatic N) is 2. The summed E-state index contributed by atoms with van der Waals surface area (Å²) in [5, 5.41) is 3.00. The molecule has 1 unspecified atom stereocenters. The Morgan fingerprint density at radius 2 is 1.86 bits per heavy atom. The molecule has 0 bridgehead atoms. The summed E-state index contributed by atoms with van der Waals surface area (Å²) in [4.78, 5) is 16.4. The molecule has 3 rings (SSSR count). The molecule has 0 saturated carbocycles. The Morgan fingerprint density at radius 1 is 1.14 bits per heavy atom. The van der Waals surface area contributed by atoms with Crippen LogP contribution in [0.5, 0.6) is 0 Å². The third-order valence-corrected chi connectivity index (χ3v) is 3.82. The molecule has 0 radical (unpaired) electrons. The summed E-state index contributed by atoms with van der Waals surface area (Å²) >= 11 is 0. The van der Waals surface area contributed by atoms with Gasteiger partial charge in [0.25, 0.3) is 0 Å². The van der Waals surface area contributed by atoms with Gasteiger partial charge >= 0.3 is 0 Å². The van der Waals surface area contributed by atoms with Gasteiger partial charge in [0.2, 0.25) is 5.91 Å². The Balaban J connectivity index is 1.59. The lowest BCUT2D eigenvalue weighted by molar-refractivity contribution is -0.121. The number of hydrogen-bond donors (Lipinski definition) is 1. The third kappa shape index (κ3) is 3.17. The first-order valence-electron chi connectivity index (χ1n) is 7.45. The topological polar surface area (TPSA) is 46.9 Å². The lowest BCUT2D eigenvalue weighted by Gasteiger charge is -2.13. The number of para-hydroxylation sites is 2. The number of hydrogen-bond acceptors (Lipinski definition) is 2. The van der Waals surface area contributed by atoms with Gasteiger partial charge < -0.3 is 9.88 Å². The predicted octanol–water partition coefficient (Wildman–Crippen LogP) is 2.96. The number of aromatic nitrogens is 2. The van der Waals surface area contributed by atoms with E-state index < -0.39 is 0 Å². The van der Waals surface area contributed by atoms with Crippen molar-refractivity contribution in [3.05, 3.63) is 66.5 Å². The number of imidazole rings is 1. The maximum absolute atomic E-state index is 12.1. The van der Waals surface area contributed by atoms with Crippen LogP contribution in [-0.4, -0.2) is 22.0 Å². The summed E-state index contributed by atoms with van der Waals surface area (Å²) < 4.78 is 1.87. The lowest BCUT2D eigenvalue weighted by Crippen LogP contribution is -2.30. The van der Waals surface area contributed by atoms with Crippen LogP contribution < -0.4 is 5.32 Å². The maximum atomic E-state index is 12.1. The van der Waals surface area contributed by atoms with Gasteiger partial charge in [-0.25, -0.2) is 4.98 Å². The Bertz CT molecular complexity index is 764. The normalized spacial score (nSPS) is 12.2. The minimum Gasteiger partial charge on any atom is -0.354 e. The SMILES string of the molecule is CC(CNC(=O)Cn1cnc2ccccc21)c1ccccc1. The second-order valence-corrected chi connectivity index (χ2v) is 5.48. The van der Waals surface area contributed by atoms with Gasteiger partial charge in [-0.15, -0.1) is 0 Å². The van der Waals surface area contributed by atoms with Crippen LogP contribution in [0.4, 0.5) is 0 Å². The summed E-state index contributed by atoms with van der Waals surface area (Å²) in [6, 6.07) is 18.0. The van der Waals surface area contributed by atoms with Crippen molar-refractivity contribution in [2.45, 2.75) is 19.4 Å². The number of carbonyl (C=O) groups excluding carboxylic acids is 1. The highest BCUT2D eigenvalue weighted by molar-refractivity contribution is 5.80. The van der Waals surface area contributed by atoms with E-state index in [1.807, 2.05) is 47.0 Å². The summed E-state index contributed by atoms with van der Waals surface area (Å²) in [6.45, 7) is 3.04. The van der Waals surface area contributed by atoms with Crippen molar-refractivity contribution >= 4 is 16.9 Å². The summed E-state index contributed by atoms with van der Waals surface area (Å²) in [7, 11) is 0. The molecule has 112 valence electrons. The molecule has 3 aromatic rings. The van der Waals surface area contributed by atoms with Gasteiger partial charge in [-0.2, -0.15) is 0 Å². The van der Waals surface area contributed by atoms with Gasteiger partial charge in [-0.05, 0) is 23.6 Å². The van der Waals surface area contributed by atoms with Crippen LogP contribution in [0, 0.1) is 0 Å². The van der Waals surface area contributed by atoms with E-state index in [9.17, 15) is 4.79 Å². The predicted molar refractivity (Wildman–Crippen MR) is 87.6 cm³/mol. The number of amides is 1. The van der Waals surface area contributed by atoms with Crippen LogP contribution in [0.15, 0.2) is 60.9 Å². The van der Waals surface area contributed by atoms with E-state index >= 15 is 0 Å². The standard InChI is InChI=1S/C18H19N3O/c1-14(15-7-3-2-4-8-15)11-19-18(22)12-21-13-20-16-9-5-6-10-17(16)21/h2-10,13-14H,11-12H2,1H3,(H,19,22). The molecule has 0 spiro atoms. The largest absolute Gasteiger partial charge is 0.354 e. The van der Waals surface area contributed by atoms with Crippen molar-refractivity contribution in [2.24, 2.45) is 0 Å². The average Bonchev–Trinajstić information content (AvgIpc) is 2.97. The molecule has 0 aliphatic heterocycles. The second kappa shape index (κ2) is 6.43. The minimum atomic E-state index is 0.00549. The molecule has 0 aliphatic carbocycles. The maximum Gasteiger partial charge on any atom is 0.240 e. The number of benzene rings is 2. The first-order chi connectivity index (χ1) is 10.7. The molecule has 0 saturated heterocycles. The van der Waals surface area contributed by atoms with E-state index in [-0.39, 0.29) is 5.91 Å². The highest BCUT2D eigenvalue weighted by Crippen LogP contribution is 2.13. The number of rotatable bonds is 5. The van der Waals surface area contributed by atoms with Crippen molar-refractivity contribution in [3.8, 4) is 0 Å². The van der Waals surface area contributed by atoms with Crippen molar-refractivity contribution in [1.82, 2.24) is 14.9 Å². The van der Waals surface area contributed by atoms with Crippen molar-refractivity contribution in [1.29, 1.82) is 0 Å². The van der Waals surface area contributed by atoms with Gasteiger partial charge in [0.1, 0.15) is 6.54 Å². The Hall–Kier alpha value is -2.62. The molecule has 2 aromatic carbocycles. The molecular formula is C18H19N3O. The summed E-state index contributed by atoms with van der Waals surface area (Å²) in [5.41, 5.74) is 3.12. The van der Waals surface area contributed by atoms with Crippen molar-refractivity contribution in [2.75, 3.05) is 6.54 Å². The molecule has 1 atom stereocenters. The van der Waals surface area contributed by atoms with Gasteiger partial charge in [-0.3, -0.25) is 4.79 Å². The zero-order chi connectivity index (χ0) is 15.4. The zero-order valence-corrected chi connectivity index (χ0v) is 12.6. The van der Waals surface area contributed by atoms with Crippen molar-refractivity contribution in [3.63, 3.8) is 0 Å². The molecule has 1 amide bonds. The fourth-order valence-electron chi connectivity index (χ4n) is 2.51. The summed E-state index contributed by atoms with van der Waals surface area (Å²) in [5.74, 6) is 0.301. The molecule has 22 heavy (non-hydrogen) atoms. The van der Waals surface area contributed by atoms with Gasteiger partial charge in [0, 0.05) is 6.54 Å². The highest BCUT2D eigenvalue weighted by atomic mass is 16.1. The van der Waals surface area contributed by atoms with Crippen LogP contribution in [0.25, 0.3) is 11.0 Å². The fraction of sp³-hybridized carbons (Fsp3) is 0.222. The van der Waals surface area contributed by atoms with E-state index in [1.165, 1.54) is 5.56 Å². The van der Waals surface area contributed by atoms with Gasteiger partial charge in [0.15, 0.2) is 0 Å². The van der Waals surface area contributed by atoms with E-state index in [1.54, 1.807) is 6.33 Å². The molecule has 4 heteroatoms. The molecule has 1 heterocycles. The van der Waals surface area contributed by atoms with Crippen LogP contribution in [0.3, 0.4) is 0 Å². The Kier molecular flexibility index (Phi) is 4.19. The average molecular weight is 293 g/mol. The van der Waals surface area contributed by atoms with E-state index in [4.69, 9.17) is 0 Å². The van der Waals surface area contributed by atoms with Crippen molar-refractivity contribution < 1.29 is 4.79 Å². The third-order valence-electron chi connectivity index (χ3n) is 3.82. The lowest BCUT2D eigenvalue weighted by atomic mass is 10.0. The highest BCUT2D eigenvalue weighted by Gasteiger charge is 2.09. The molecule has 4 nitrogen and oxygen atoms in total. The molecular weight excluding hydrogens is 274 g/mol. The van der Waals surface area contributed by atoms with E-state index in [0.29, 0.717) is 19.0 Å². The Morgan fingerprint density at radius 3 is 2.68 bits per heavy atom. The van der Waals surface area contributed by atoms with E-state index in [0.717, 1.165) is 11.0 Å². The van der Waals surface area contributed by atoms with Gasteiger partial charge in [0.05, 0.1) is 17.4 Å². The van der Waals surface area contributed by atoms with Crippen LogP contribution in [0.2, 0.25) is 0 Å². The minimum absolute atomic E-state index is 0.00549. The molecule has 0 fully saturated rings. The summed E-state index contributed by atoms with van der Waals surface area (Å²) in [6.07, 6.45) is 1.71. The zero-order valence-electron chi connectivity index (χ0n) is 12.6. The smallest absolute Gasteiger partial charge is 0.240 e. The van der Waals surface area contributed by atoms with Gasteiger partial charge in [-0.1, -0.05) is 49.4 Å². The number of nitrogens with one attached hydrogen (secondary N) is 1. The molecule has 0 aliphatic rings. The fourth-order valence-corrected chi connectivity index (χ4v) is 2.51. The molecule has 1 aromatic heterocycles.